The van der Waals surface area contributed by atoms with Crippen molar-refractivity contribution < 1.29 is 23.0 Å². The van der Waals surface area contributed by atoms with Gasteiger partial charge in [0.05, 0.1) is 7.11 Å². The smallest absolute Gasteiger partial charge is 0.387 e. The van der Waals surface area contributed by atoms with Crippen LogP contribution in [-0.2, 0) is 9.53 Å². The van der Waals surface area contributed by atoms with Crippen molar-refractivity contribution in [2.24, 2.45) is 5.73 Å². The molecular formula is C10H11F2NO3. The lowest BCUT2D eigenvalue weighted by Crippen LogP contribution is -2.22. The van der Waals surface area contributed by atoms with Gasteiger partial charge in [0.15, 0.2) is 0 Å². The van der Waals surface area contributed by atoms with Crippen LogP contribution >= 0.6 is 0 Å². The minimum atomic E-state index is -2.91. The number of ether oxygens (including phenoxy) is 2. The number of alkyl halides is 2. The summed E-state index contributed by atoms with van der Waals surface area (Å²) in [5, 5.41) is 0. The maximum absolute atomic E-state index is 11.9. The number of nitrogens with two attached hydrogens (primary N) is 1. The number of carbonyl (C=O) groups excluding carboxylic acids is 1. The monoisotopic (exact) mass is 231 g/mol. The summed E-state index contributed by atoms with van der Waals surface area (Å²) in [5.74, 6) is -0.693. The van der Waals surface area contributed by atoms with E-state index in [0.29, 0.717) is 5.56 Å². The molecule has 0 aromatic heterocycles. The molecule has 1 aromatic rings. The van der Waals surface area contributed by atoms with Crippen molar-refractivity contribution in [1.29, 1.82) is 0 Å². The molecule has 1 rings (SSSR count). The van der Waals surface area contributed by atoms with Crippen LogP contribution < -0.4 is 10.5 Å². The van der Waals surface area contributed by atoms with E-state index >= 15 is 0 Å². The SMILES string of the molecule is COC(=O)[C@@H](N)c1cccc(OC(F)F)c1. The third kappa shape index (κ3) is 3.16. The maximum Gasteiger partial charge on any atom is 0.387 e. The first-order valence-corrected chi connectivity index (χ1v) is 4.42. The molecule has 1 atom stereocenters. The van der Waals surface area contributed by atoms with Crippen LogP contribution in [-0.4, -0.2) is 19.7 Å². The van der Waals surface area contributed by atoms with Gasteiger partial charge >= 0.3 is 12.6 Å². The van der Waals surface area contributed by atoms with Gasteiger partial charge < -0.3 is 15.2 Å². The van der Waals surface area contributed by atoms with Gasteiger partial charge in [0.25, 0.3) is 0 Å². The van der Waals surface area contributed by atoms with Gasteiger partial charge in [0.2, 0.25) is 0 Å². The molecule has 6 heteroatoms. The van der Waals surface area contributed by atoms with Gasteiger partial charge in [0, 0.05) is 0 Å². The van der Waals surface area contributed by atoms with Gasteiger partial charge in [-0.05, 0) is 17.7 Å². The molecule has 0 heterocycles. The largest absolute Gasteiger partial charge is 0.468 e. The fraction of sp³-hybridized carbons (Fsp3) is 0.300. The van der Waals surface area contributed by atoms with E-state index in [1.807, 2.05) is 0 Å². The van der Waals surface area contributed by atoms with E-state index in [1.54, 1.807) is 0 Å². The lowest BCUT2D eigenvalue weighted by molar-refractivity contribution is -0.142. The third-order valence-electron chi connectivity index (χ3n) is 1.90. The number of hydrogen-bond donors (Lipinski definition) is 1. The van der Waals surface area contributed by atoms with Gasteiger partial charge in [-0.15, -0.1) is 0 Å². The average Bonchev–Trinajstić information content (AvgIpc) is 2.26. The molecule has 0 radical (unpaired) electrons. The Bertz CT molecular complexity index is 371. The highest BCUT2D eigenvalue weighted by atomic mass is 19.3. The number of hydrogen-bond acceptors (Lipinski definition) is 4. The predicted octanol–water partition coefficient (Wildman–Crippen LogP) is 1.46. The van der Waals surface area contributed by atoms with Crippen molar-refractivity contribution in [3.63, 3.8) is 0 Å². The Hall–Kier alpha value is -1.69. The van der Waals surface area contributed by atoms with Crippen LogP contribution in [0.15, 0.2) is 24.3 Å². The summed E-state index contributed by atoms with van der Waals surface area (Å²) in [6.45, 7) is -2.91. The van der Waals surface area contributed by atoms with Crippen LogP contribution in [0.3, 0.4) is 0 Å². The number of esters is 1. The molecule has 88 valence electrons. The minimum absolute atomic E-state index is 0.0492. The van der Waals surface area contributed by atoms with Crippen molar-refractivity contribution in [3.05, 3.63) is 29.8 Å². The Labute approximate surface area is 91.0 Å². The molecular weight excluding hydrogens is 220 g/mol. The number of carbonyl (C=O) groups is 1. The Morgan fingerprint density at radius 1 is 1.44 bits per heavy atom. The summed E-state index contributed by atoms with van der Waals surface area (Å²) in [7, 11) is 1.20. The molecule has 1 aromatic carbocycles. The van der Waals surface area contributed by atoms with Gasteiger partial charge in [0.1, 0.15) is 11.8 Å². The van der Waals surface area contributed by atoms with Crippen molar-refractivity contribution in [3.8, 4) is 5.75 Å². The third-order valence-corrected chi connectivity index (χ3v) is 1.90. The van der Waals surface area contributed by atoms with E-state index in [2.05, 4.69) is 9.47 Å². The molecule has 0 aliphatic carbocycles. The van der Waals surface area contributed by atoms with Gasteiger partial charge in [-0.2, -0.15) is 8.78 Å². The molecule has 0 saturated heterocycles. The van der Waals surface area contributed by atoms with Gasteiger partial charge in [-0.25, -0.2) is 0 Å². The molecule has 0 saturated carbocycles. The summed E-state index contributed by atoms with van der Waals surface area (Å²) in [6.07, 6.45) is 0. The van der Waals surface area contributed by atoms with Crippen LogP contribution in [0.1, 0.15) is 11.6 Å². The second-order valence-corrected chi connectivity index (χ2v) is 2.95. The van der Waals surface area contributed by atoms with E-state index in [1.165, 1.54) is 31.4 Å². The summed E-state index contributed by atoms with van der Waals surface area (Å²) in [4.78, 5) is 11.1. The molecule has 0 spiro atoms. The normalized spacial score (nSPS) is 12.3. The van der Waals surface area contributed by atoms with E-state index in [9.17, 15) is 13.6 Å². The maximum atomic E-state index is 11.9. The lowest BCUT2D eigenvalue weighted by atomic mass is 10.1. The first-order valence-electron chi connectivity index (χ1n) is 4.42. The molecule has 16 heavy (non-hydrogen) atoms. The lowest BCUT2D eigenvalue weighted by Gasteiger charge is -2.11. The summed E-state index contributed by atoms with van der Waals surface area (Å²) < 4.78 is 32.5. The summed E-state index contributed by atoms with van der Waals surface area (Å²) >= 11 is 0. The minimum Gasteiger partial charge on any atom is -0.468 e. The van der Waals surface area contributed by atoms with E-state index in [-0.39, 0.29) is 5.75 Å². The molecule has 0 unspecified atom stereocenters. The zero-order chi connectivity index (χ0) is 12.1. The van der Waals surface area contributed by atoms with Gasteiger partial charge in [-0.3, -0.25) is 4.79 Å². The molecule has 0 aliphatic rings. The molecule has 0 aliphatic heterocycles. The van der Waals surface area contributed by atoms with Crippen molar-refractivity contribution in [2.75, 3.05) is 7.11 Å². The van der Waals surface area contributed by atoms with E-state index in [0.717, 1.165) is 0 Å². The van der Waals surface area contributed by atoms with Crippen LogP contribution in [0, 0.1) is 0 Å². The number of halogens is 2. The summed E-state index contributed by atoms with van der Waals surface area (Å²) in [6, 6.07) is 4.61. The van der Waals surface area contributed by atoms with Crippen molar-refractivity contribution in [1.82, 2.24) is 0 Å². The fourth-order valence-corrected chi connectivity index (χ4v) is 1.15. The van der Waals surface area contributed by atoms with E-state index in [4.69, 9.17) is 5.73 Å². The van der Waals surface area contributed by atoms with Crippen molar-refractivity contribution >= 4 is 5.97 Å². The number of methoxy groups -OCH3 is 1. The van der Waals surface area contributed by atoms with Crippen LogP contribution in [0.5, 0.6) is 5.75 Å². The molecule has 0 amide bonds. The fourth-order valence-electron chi connectivity index (χ4n) is 1.15. The molecule has 4 nitrogen and oxygen atoms in total. The molecule has 0 fully saturated rings. The first kappa shape index (κ1) is 12.4. The Morgan fingerprint density at radius 2 is 2.12 bits per heavy atom. The Kier molecular flexibility index (Phi) is 4.19. The second-order valence-electron chi connectivity index (χ2n) is 2.95. The average molecular weight is 231 g/mol. The highest BCUT2D eigenvalue weighted by molar-refractivity contribution is 5.77. The quantitative estimate of drug-likeness (QED) is 0.797. The summed E-state index contributed by atoms with van der Waals surface area (Å²) in [5.41, 5.74) is 5.88. The highest BCUT2D eigenvalue weighted by Gasteiger charge is 2.17. The molecule has 0 bridgehead atoms. The number of benzene rings is 1. The Morgan fingerprint density at radius 3 is 2.69 bits per heavy atom. The highest BCUT2D eigenvalue weighted by Crippen LogP contribution is 2.20. The Balaban J connectivity index is 2.85. The second kappa shape index (κ2) is 5.41. The van der Waals surface area contributed by atoms with Crippen LogP contribution in [0.2, 0.25) is 0 Å². The number of rotatable bonds is 4. The van der Waals surface area contributed by atoms with Gasteiger partial charge in [-0.1, -0.05) is 12.1 Å². The predicted molar refractivity (Wildman–Crippen MR) is 52.0 cm³/mol. The first-order chi connectivity index (χ1) is 7.54. The zero-order valence-corrected chi connectivity index (χ0v) is 8.52. The van der Waals surface area contributed by atoms with Crippen molar-refractivity contribution in [2.45, 2.75) is 12.7 Å². The van der Waals surface area contributed by atoms with E-state index < -0.39 is 18.6 Å². The van der Waals surface area contributed by atoms with Crippen LogP contribution in [0.25, 0.3) is 0 Å². The van der Waals surface area contributed by atoms with Crippen LogP contribution in [0.4, 0.5) is 8.78 Å². The molecule has 2 N–H and O–H groups in total. The topological polar surface area (TPSA) is 61.5 Å². The standard InChI is InChI=1S/C10H11F2NO3/c1-15-9(14)8(13)6-3-2-4-7(5-6)16-10(11)12/h2-5,8,10H,13H2,1H3/t8-/m0/s1. The zero-order valence-electron chi connectivity index (χ0n) is 8.52.